The zero-order valence-corrected chi connectivity index (χ0v) is 13.3. The smallest absolute Gasteiger partial charge is 0.141 e. The van der Waals surface area contributed by atoms with Crippen LogP contribution in [-0.4, -0.2) is 36.6 Å². The zero-order chi connectivity index (χ0) is 15.1. The minimum Gasteiger partial charge on any atom is -0.312 e. The lowest BCUT2D eigenvalue weighted by atomic mass is 10.1. The predicted molar refractivity (Wildman–Crippen MR) is 84.7 cm³/mol. The Morgan fingerprint density at radius 2 is 2.00 bits per heavy atom. The van der Waals surface area contributed by atoms with Gasteiger partial charge >= 0.3 is 0 Å². The third kappa shape index (κ3) is 5.04. The molecule has 0 aromatic carbocycles. The lowest BCUT2D eigenvalue weighted by Crippen LogP contribution is -2.34. The molecule has 0 amide bonds. The molecule has 1 aliphatic rings. The van der Waals surface area contributed by atoms with E-state index >= 15 is 0 Å². The number of rotatable bonds is 6. The monoisotopic (exact) mass is 293 g/mol. The van der Waals surface area contributed by atoms with E-state index in [1.54, 1.807) is 6.07 Å². The quantitative estimate of drug-likeness (QED) is 0.813. The Kier molecular flexibility index (Phi) is 6.58. The van der Waals surface area contributed by atoms with Gasteiger partial charge in [0.25, 0.3) is 0 Å². The SMILES string of the molecule is CNC(CCN(C)C1CCCCCC1)c1ccc(F)cn1. The van der Waals surface area contributed by atoms with Crippen LogP contribution in [0.2, 0.25) is 0 Å². The van der Waals surface area contributed by atoms with Crippen LogP contribution in [0, 0.1) is 5.82 Å². The molecule has 1 atom stereocenters. The molecular weight excluding hydrogens is 265 g/mol. The number of nitrogens with one attached hydrogen (secondary N) is 1. The van der Waals surface area contributed by atoms with Gasteiger partial charge in [0, 0.05) is 6.04 Å². The molecule has 0 saturated heterocycles. The lowest BCUT2D eigenvalue weighted by molar-refractivity contribution is 0.210. The molecule has 4 heteroatoms. The van der Waals surface area contributed by atoms with Crippen LogP contribution in [0.15, 0.2) is 18.3 Å². The van der Waals surface area contributed by atoms with Crippen LogP contribution in [0.3, 0.4) is 0 Å². The zero-order valence-electron chi connectivity index (χ0n) is 13.3. The van der Waals surface area contributed by atoms with Crippen LogP contribution < -0.4 is 5.32 Å². The fraction of sp³-hybridized carbons (Fsp3) is 0.706. The summed E-state index contributed by atoms with van der Waals surface area (Å²) in [6.45, 7) is 1.05. The number of hydrogen-bond donors (Lipinski definition) is 1. The molecule has 118 valence electrons. The second kappa shape index (κ2) is 8.44. The molecule has 3 nitrogen and oxygen atoms in total. The predicted octanol–water partition coefficient (Wildman–Crippen LogP) is 3.53. The van der Waals surface area contributed by atoms with Crippen molar-refractivity contribution in [3.63, 3.8) is 0 Å². The largest absolute Gasteiger partial charge is 0.312 e. The van der Waals surface area contributed by atoms with Gasteiger partial charge in [-0.05, 0) is 52.0 Å². The van der Waals surface area contributed by atoms with E-state index in [0.29, 0.717) is 0 Å². The third-order valence-corrected chi connectivity index (χ3v) is 4.67. The van der Waals surface area contributed by atoms with Gasteiger partial charge < -0.3 is 10.2 Å². The van der Waals surface area contributed by atoms with Crippen LogP contribution in [-0.2, 0) is 0 Å². The molecular formula is C17H28FN3. The summed E-state index contributed by atoms with van der Waals surface area (Å²) >= 11 is 0. The van der Waals surface area contributed by atoms with E-state index < -0.39 is 0 Å². The minimum absolute atomic E-state index is 0.193. The fourth-order valence-electron chi connectivity index (χ4n) is 3.25. The van der Waals surface area contributed by atoms with Crippen LogP contribution in [0.4, 0.5) is 4.39 Å². The topological polar surface area (TPSA) is 28.2 Å². The summed E-state index contributed by atoms with van der Waals surface area (Å²) in [5, 5.41) is 3.30. The maximum Gasteiger partial charge on any atom is 0.141 e. The highest BCUT2D eigenvalue weighted by molar-refractivity contribution is 5.09. The van der Waals surface area contributed by atoms with Gasteiger partial charge in [0.1, 0.15) is 5.82 Å². The number of hydrogen-bond acceptors (Lipinski definition) is 3. The molecule has 1 unspecified atom stereocenters. The summed E-state index contributed by atoms with van der Waals surface area (Å²) in [6.07, 6.45) is 10.5. The van der Waals surface area contributed by atoms with Crippen molar-refractivity contribution in [1.82, 2.24) is 15.2 Å². The van der Waals surface area contributed by atoms with Gasteiger partial charge in [-0.15, -0.1) is 0 Å². The molecule has 0 radical (unpaired) electrons. The first-order chi connectivity index (χ1) is 10.2. The van der Waals surface area contributed by atoms with E-state index in [0.717, 1.165) is 24.7 Å². The van der Waals surface area contributed by atoms with Crippen molar-refractivity contribution in [1.29, 1.82) is 0 Å². The average Bonchev–Trinajstić information content (AvgIpc) is 2.78. The first-order valence-electron chi connectivity index (χ1n) is 8.19. The van der Waals surface area contributed by atoms with E-state index in [1.165, 1.54) is 50.8 Å². The summed E-state index contributed by atoms with van der Waals surface area (Å²) in [6, 6.07) is 4.19. The molecule has 1 fully saturated rings. The molecule has 1 heterocycles. The van der Waals surface area contributed by atoms with Crippen LogP contribution >= 0.6 is 0 Å². The van der Waals surface area contributed by atoms with Crippen LogP contribution in [0.5, 0.6) is 0 Å². The van der Waals surface area contributed by atoms with Gasteiger partial charge in [-0.1, -0.05) is 25.7 Å². The maximum atomic E-state index is 13.0. The third-order valence-electron chi connectivity index (χ3n) is 4.67. The second-order valence-electron chi connectivity index (χ2n) is 6.16. The molecule has 1 saturated carbocycles. The standard InChI is InChI=1S/C17H28FN3/c1-19-16(17-10-9-14(18)13-20-17)11-12-21(2)15-7-5-3-4-6-8-15/h9-10,13,15-16,19H,3-8,11-12H2,1-2H3. The minimum atomic E-state index is -0.274. The Labute approximate surface area is 127 Å². The maximum absolute atomic E-state index is 13.0. The van der Waals surface area contributed by atoms with Crippen molar-refractivity contribution in [3.05, 3.63) is 29.8 Å². The number of nitrogens with zero attached hydrogens (tertiary/aromatic N) is 2. The average molecular weight is 293 g/mol. The van der Waals surface area contributed by atoms with E-state index in [2.05, 4.69) is 22.2 Å². The molecule has 21 heavy (non-hydrogen) atoms. The van der Waals surface area contributed by atoms with Crippen molar-refractivity contribution in [2.75, 3.05) is 20.6 Å². The number of pyridine rings is 1. The molecule has 2 rings (SSSR count). The van der Waals surface area contributed by atoms with Crippen molar-refractivity contribution in [2.24, 2.45) is 0 Å². The van der Waals surface area contributed by atoms with Gasteiger partial charge in [0.15, 0.2) is 0 Å². The lowest BCUT2D eigenvalue weighted by Gasteiger charge is -2.28. The van der Waals surface area contributed by atoms with Gasteiger partial charge in [-0.3, -0.25) is 4.98 Å². The summed E-state index contributed by atoms with van der Waals surface area (Å²) in [5.74, 6) is -0.274. The van der Waals surface area contributed by atoms with Gasteiger partial charge in [-0.2, -0.15) is 0 Å². The van der Waals surface area contributed by atoms with Crippen molar-refractivity contribution < 1.29 is 4.39 Å². The summed E-state index contributed by atoms with van der Waals surface area (Å²) in [4.78, 5) is 6.70. The molecule has 0 aliphatic heterocycles. The van der Waals surface area contributed by atoms with Crippen LogP contribution in [0.1, 0.15) is 56.7 Å². The van der Waals surface area contributed by atoms with Crippen molar-refractivity contribution >= 4 is 0 Å². The van der Waals surface area contributed by atoms with E-state index in [-0.39, 0.29) is 11.9 Å². The molecule has 0 spiro atoms. The molecule has 1 N–H and O–H groups in total. The first kappa shape index (κ1) is 16.4. The normalized spacial score (nSPS) is 18.7. The van der Waals surface area contributed by atoms with Gasteiger partial charge in [-0.25, -0.2) is 4.39 Å². The fourth-order valence-corrected chi connectivity index (χ4v) is 3.25. The number of aromatic nitrogens is 1. The Hall–Kier alpha value is -1.00. The molecule has 1 aromatic rings. The summed E-state index contributed by atoms with van der Waals surface area (Å²) in [7, 11) is 4.18. The van der Waals surface area contributed by atoms with Gasteiger partial charge in [0.05, 0.1) is 17.9 Å². The van der Waals surface area contributed by atoms with Gasteiger partial charge in [0.2, 0.25) is 0 Å². The Morgan fingerprint density at radius 1 is 1.29 bits per heavy atom. The van der Waals surface area contributed by atoms with Crippen molar-refractivity contribution in [2.45, 2.75) is 57.0 Å². The first-order valence-corrected chi connectivity index (χ1v) is 8.19. The highest BCUT2D eigenvalue weighted by Crippen LogP contribution is 2.22. The van der Waals surface area contributed by atoms with E-state index in [9.17, 15) is 4.39 Å². The number of halogens is 1. The molecule has 1 aromatic heterocycles. The summed E-state index contributed by atoms with van der Waals surface area (Å²) in [5.41, 5.74) is 0.924. The molecule has 0 bridgehead atoms. The Morgan fingerprint density at radius 3 is 2.57 bits per heavy atom. The van der Waals surface area contributed by atoms with Crippen LogP contribution in [0.25, 0.3) is 0 Å². The Bertz CT molecular complexity index is 399. The van der Waals surface area contributed by atoms with E-state index in [1.807, 2.05) is 7.05 Å². The van der Waals surface area contributed by atoms with Crippen molar-refractivity contribution in [3.8, 4) is 0 Å². The second-order valence-corrected chi connectivity index (χ2v) is 6.16. The summed E-state index contributed by atoms with van der Waals surface area (Å²) < 4.78 is 13.0. The highest BCUT2D eigenvalue weighted by Gasteiger charge is 2.18. The highest BCUT2D eigenvalue weighted by atomic mass is 19.1. The Balaban J connectivity index is 1.85. The molecule has 1 aliphatic carbocycles. The van der Waals surface area contributed by atoms with E-state index in [4.69, 9.17) is 0 Å².